The molecule has 1 aromatic heterocycles. The van der Waals surface area contributed by atoms with Gasteiger partial charge in [0.25, 0.3) is 0 Å². The van der Waals surface area contributed by atoms with E-state index in [1.54, 1.807) is 7.11 Å². The van der Waals surface area contributed by atoms with Crippen molar-refractivity contribution in [3.63, 3.8) is 0 Å². The zero-order valence-electron chi connectivity index (χ0n) is 12.4. The molecule has 0 aliphatic heterocycles. The van der Waals surface area contributed by atoms with Crippen molar-refractivity contribution in [2.45, 2.75) is 32.9 Å². The van der Waals surface area contributed by atoms with Gasteiger partial charge in [-0.2, -0.15) is 0 Å². The van der Waals surface area contributed by atoms with Crippen LogP contribution >= 0.6 is 0 Å². The first-order valence-corrected chi connectivity index (χ1v) is 7.00. The maximum Gasteiger partial charge on any atom is 0.119 e. The summed E-state index contributed by atoms with van der Waals surface area (Å²) in [4.78, 5) is 4.23. The molecule has 2 aromatic rings. The third kappa shape index (κ3) is 3.39. The molecular formula is C16H23N3O. The lowest BCUT2D eigenvalue weighted by atomic mass is 10.0. The fourth-order valence-electron chi connectivity index (χ4n) is 2.21. The third-order valence-electron chi connectivity index (χ3n) is 3.58. The summed E-state index contributed by atoms with van der Waals surface area (Å²) in [5.74, 6) is 1.30. The minimum atomic E-state index is 0.0304. The number of methoxy groups -OCH3 is 1. The highest BCUT2D eigenvalue weighted by atomic mass is 16.5. The summed E-state index contributed by atoms with van der Waals surface area (Å²) in [5, 5.41) is 0. The van der Waals surface area contributed by atoms with Crippen molar-refractivity contribution in [1.82, 2.24) is 9.55 Å². The van der Waals surface area contributed by atoms with Gasteiger partial charge in [-0.25, -0.2) is 4.98 Å². The first kappa shape index (κ1) is 14.6. The molecule has 0 fully saturated rings. The quantitative estimate of drug-likeness (QED) is 0.880. The topological polar surface area (TPSA) is 53.1 Å². The van der Waals surface area contributed by atoms with Crippen molar-refractivity contribution in [2.75, 3.05) is 7.11 Å². The summed E-state index contributed by atoms with van der Waals surface area (Å²) in [6.45, 7) is 5.14. The molecular weight excluding hydrogens is 250 g/mol. The summed E-state index contributed by atoms with van der Waals surface area (Å²) in [5.41, 5.74) is 8.57. The van der Waals surface area contributed by atoms with Crippen LogP contribution in [-0.4, -0.2) is 16.7 Å². The van der Waals surface area contributed by atoms with Gasteiger partial charge in [-0.3, -0.25) is 0 Å². The molecule has 0 saturated heterocycles. The zero-order chi connectivity index (χ0) is 14.5. The number of hydrogen-bond acceptors (Lipinski definition) is 3. The zero-order valence-corrected chi connectivity index (χ0v) is 12.4. The Hall–Kier alpha value is -1.81. The van der Waals surface area contributed by atoms with Crippen molar-refractivity contribution >= 4 is 0 Å². The summed E-state index contributed by atoms with van der Waals surface area (Å²) < 4.78 is 7.39. The second-order valence-corrected chi connectivity index (χ2v) is 5.38. The summed E-state index contributed by atoms with van der Waals surface area (Å²) in [6, 6.07) is 8.19. The summed E-state index contributed by atoms with van der Waals surface area (Å²) in [7, 11) is 1.69. The van der Waals surface area contributed by atoms with Crippen LogP contribution in [0, 0.1) is 5.92 Å². The number of nitrogens with two attached hydrogens (primary N) is 1. The first-order valence-electron chi connectivity index (χ1n) is 7.00. The van der Waals surface area contributed by atoms with Gasteiger partial charge in [-0.05, 0) is 30.0 Å². The van der Waals surface area contributed by atoms with Gasteiger partial charge in [0.05, 0.1) is 19.1 Å². The fourth-order valence-corrected chi connectivity index (χ4v) is 2.21. The van der Waals surface area contributed by atoms with Crippen LogP contribution in [0.25, 0.3) is 0 Å². The van der Waals surface area contributed by atoms with Gasteiger partial charge in [0.1, 0.15) is 5.75 Å². The van der Waals surface area contributed by atoms with Crippen molar-refractivity contribution in [3.05, 3.63) is 48.0 Å². The maximum atomic E-state index is 6.22. The maximum absolute atomic E-state index is 6.22. The molecule has 0 saturated carbocycles. The molecule has 0 spiro atoms. The Kier molecular flexibility index (Phi) is 4.79. The van der Waals surface area contributed by atoms with Crippen LogP contribution < -0.4 is 10.5 Å². The molecule has 1 atom stereocenters. The highest BCUT2D eigenvalue weighted by Crippen LogP contribution is 2.19. The van der Waals surface area contributed by atoms with E-state index in [-0.39, 0.29) is 6.04 Å². The van der Waals surface area contributed by atoms with E-state index in [1.165, 1.54) is 5.56 Å². The van der Waals surface area contributed by atoms with Crippen LogP contribution in [0.3, 0.4) is 0 Å². The van der Waals surface area contributed by atoms with E-state index in [9.17, 15) is 0 Å². The van der Waals surface area contributed by atoms with Crippen LogP contribution in [0.2, 0.25) is 0 Å². The highest BCUT2D eigenvalue weighted by Gasteiger charge is 2.14. The van der Waals surface area contributed by atoms with E-state index in [0.29, 0.717) is 5.92 Å². The lowest BCUT2D eigenvalue weighted by Gasteiger charge is -2.18. The molecule has 1 unspecified atom stereocenters. The van der Waals surface area contributed by atoms with Crippen molar-refractivity contribution in [1.29, 1.82) is 0 Å². The second-order valence-electron chi connectivity index (χ2n) is 5.38. The van der Waals surface area contributed by atoms with E-state index in [2.05, 4.69) is 35.5 Å². The fraction of sp³-hybridized carbons (Fsp3) is 0.438. The van der Waals surface area contributed by atoms with E-state index < -0.39 is 0 Å². The van der Waals surface area contributed by atoms with Crippen LogP contribution in [0.15, 0.2) is 36.8 Å². The lowest BCUT2D eigenvalue weighted by molar-refractivity contribution is 0.414. The van der Waals surface area contributed by atoms with E-state index in [1.807, 2.05) is 24.7 Å². The second kappa shape index (κ2) is 6.57. The Bertz CT molecular complexity index is 548. The Labute approximate surface area is 120 Å². The third-order valence-corrected chi connectivity index (χ3v) is 3.58. The van der Waals surface area contributed by atoms with E-state index in [4.69, 9.17) is 10.5 Å². The predicted molar refractivity (Wildman–Crippen MR) is 80.7 cm³/mol. The van der Waals surface area contributed by atoms with Gasteiger partial charge in [-0.1, -0.05) is 26.0 Å². The van der Waals surface area contributed by atoms with Gasteiger partial charge in [-0.15, -0.1) is 0 Å². The number of benzene rings is 1. The number of imidazole rings is 1. The minimum absolute atomic E-state index is 0.0304. The number of aromatic nitrogens is 2. The Morgan fingerprint density at radius 3 is 2.85 bits per heavy atom. The van der Waals surface area contributed by atoms with Crippen LogP contribution in [0.5, 0.6) is 5.75 Å². The van der Waals surface area contributed by atoms with Crippen LogP contribution in [0.4, 0.5) is 0 Å². The van der Waals surface area contributed by atoms with Crippen LogP contribution in [-0.2, 0) is 13.0 Å². The molecule has 4 heteroatoms. The molecule has 20 heavy (non-hydrogen) atoms. The Morgan fingerprint density at radius 2 is 2.15 bits per heavy atom. The average molecular weight is 273 g/mol. The van der Waals surface area contributed by atoms with Crippen molar-refractivity contribution in [3.8, 4) is 5.75 Å². The molecule has 0 radical (unpaired) electrons. The van der Waals surface area contributed by atoms with E-state index >= 15 is 0 Å². The van der Waals surface area contributed by atoms with Crippen LogP contribution in [0.1, 0.15) is 31.1 Å². The minimum Gasteiger partial charge on any atom is -0.497 e. The molecule has 2 rings (SSSR count). The average Bonchev–Trinajstić information content (AvgIpc) is 2.92. The first-order chi connectivity index (χ1) is 9.61. The Morgan fingerprint density at radius 1 is 1.35 bits per heavy atom. The highest BCUT2D eigenvalue weighted by molar-refractivity contribution is 5.28. The van der Waals surface area contributed by atoms with Gasteiger partial charge in [0.15, 0.2) is 0 Å². The molecule has 0 aliphatic carbocycles. The summed E-state index contributed by atoms with van der Waals surface area (Å²) >= 11 is 0. The van der Waals surface area contributed by atoms with E-state index in [0.717, 1.165) is 24.4 Å². The number of rotatable bonds is 6. The monoisotopic (exact) mass is 273 g/mol. The van der Waals surface area contributed by atoms with Gasteiger partial charge >= 0.3 is 0 Å². The SMILES string of the molecule is COc1cccc(CCn2cncc2C(N)C(C)C)c1. The smallest absolute Gasteiger partial charge is 0.119 e. The molecule has 1 heterocycles. The largest absolute Gasteiger partial charge is 0.497 e. The molecule has 0 aliphatic rings. The van der Waals surface area contributed by atoms with Gasteiger partial charge < -0.3 is 15.0 Å². The number of hydrogen-bond donors (Lipinski definition) is 1. The van der Waals surface area contributed by atoms with Gasteiger partial charge in [0.2, 0.25) is 0 Å². The summed E-state index contributed by atoms with van der Waals surface area (Å²) in [6.07, 6.45) is 4.67. The predicted octanol–water partition coefficient (Wildman–Crippen LogP) is 2.79. The van der Waals surface area contributed by atoms with Gasteiger partial charge in [0, 0.05) is 18.8 Å². The Balaban J connectivity index is 2.06. The molecule has 2 N–H and O–H groups in total. The number of ether oxygens (including phenoxy) is 1. The number of aryl methyl sites for hydroxylation is 2. The molecule has 4 nitrogen and oxygen atoms in total. The van der Waals surface area contributed by atoms with Crippen molar-refractivity contribution < 1.29 is 4.74 Å². The molecule has 0 bridgehead atoms. The number of nitrogens with zero attached hydrogens (tertiary/aromatic N) is 2. The molecule has 108 valence electrons. The van der Waals surface area contributed by atoms with Crippen molar-refractivity contribution in [2.24, 2.45) is 11.7 Å². The lowest BCUT2D eigenvalue weighted by Crippen LogP contribution is -2.20. The normalized spacial score (nSPS) is 12.7. The standard InChI is InChI=1S/C16H23N3O/c1-12(2)16(17)15-10-18-11-19(15)8-7-13-5-4-6-14(9-13)20-3/h4-6,9-12,16H,7-8,17H2,1-3H3. The molecule has 0 amide bonds. The molecule has 1 aromatic carbocycles.